The highest BCUT2D eigenvalue weighted by Crippen LogP contribution is 2.13. The second kappa shape index (κ2) is 6.39. The molecule has 2 N–H and O–H groups in total. The fourth-order valence-corrected chi connectivity index (χ4v) is 2.07. The summed E-state index contributed by atoms with van der Waals surface area (Å²) in [4.78, 5) is 13.9. The highest BCUT2D eigenvalue weighted by Gasteiger charge is 2.15. The van der Waals surface area contributed by atoms with E-state index in [-0.39, 0.29) is 5.91 Å². The number of hydrogen-bond acceptors (Lipinski definition) is 3. The first-order chi connectivity index (χ1) is 9.63. The maximum absolute atomic E-state index is 12.2. The van der Waals surface area contributed by atoms with Gasteiger partial charge in [0.25, 0.3) is 5.91 Å². The summed E-state index contributed by atoms with van der Waals surface area (Å²) in [6.07, 6.45) is 0.787. The number of carbonyl (C=O) groups is 1. The van der Waals surface area contributed by atoms with E-state index < -0.39 is 0 Å². The van der Waals surface area contributed by atoms with Gasteiger partial charge >= 0.3 is 0 Å². The van der Waals surface area contributed by atoms with Gasteiger partial charge in [-0.15, -0.1) is 0 Å². The van der Waals surface area contributed by atoms with Crippen LogP contribution in [0.5, 0.6) is 0 Å². The van der Waals surface area contributed by atoms with Crippen molar-refractivity contribution in [2.45, 2.75) is 26.4 Å². The number of carbonyl (C=O) groups excluding carboxylic acids is 1. The first kappa shape index (κ1) is 14.3. The predicted octanol–water partition coefficient (Wildman–Crippen LogP) is 2.57. The summed E-state index contributed by atoms with van der Waals surface area (Å²) >= 11 is 0. The Morgan fingerprint density at radius 1 is 1.25 bits per heavy atom. The van der Waals surface area contributed by atoms with Gasteiger partial charge in [0.1, 0.15) is 5.76 Å². The van der Waals surface area contributed by atoms with Crippen molar-refractivity contribution in [2.24, 2.45) is 5.73 Å². The van der Waals surface area contributed by atoms with Crippen molar-refractivity contribution in [3.8, 4) is 0 Å². The van der Waals surface area contributed by atoms with Gasteiger partial charge in [0.15, 0.2) is 5.76 Å². The van der Waals surface area contributed by atoms with E-state index in [2.05, 4.69) is 0 Å². The maximum Gasteiger partial charge on any atom is 0.289 e. The van der Waals surface area contributed by atoms with E-state index in [4.69, 9.17) is 10.2 Å². The van der Waals surface area contributed by atoms with Gasteiger partial charge in [0.05, 0.1) is 0 Å². The largest absolute Gasteiger partial charge is 0.456 e. The van der Waals surface area contributed by atoms with Gasteiger partial charge in [-0.3, -0.25) is 4.79 Å². The Hall–Kier alpha value is -2.07. The molecule has 1 aromatic carbocycles. The molecule has 106 valence electrons. The molecule has 1 aromatic heterocycles. The average molecular weight is 272 g/mol. The zero-order chi connectivity index (χ0) is 14.5. The molecule has 1 amide bonds. The molecule has 0 unspecified atom stereocenters. The Morgan fingerprint density at radius 2 is 2.00 bits per heavy atom. The van der Waals surface area contributed by atoms with E-state index in [0.29, 0.717) is 18.8 Å². The average Bonchev–Trinajstić information content (AvgIpc) is 2.95. The van der Waals surface area contributed by atoms with Crippen LogP contribution in [0.1, 0.15) is 34.4 Å². The monoisotopic (exact) mass is 272 g/mol. The minimum Gasteiger partial charge on any atom is -0.456 e. The Kier molecular flexibility index (Phi) is 4.58. The molecule has 0 radical (unpaired) electrons. The van der Waals surface area contributed by atoms with Crippen LogP contribution >= 0.6 is 0 Å². The van der Waals surface area contributed by atoms with Crippen LogP contribution in [-0.2, 0) is 19.5 Å². The number of benzene rings is 1. The van der Waals surface area contributed by atoms with E-state index in [9.17, 15) is 4.79 Å². The fourth-order valence-electron chi connectivity index (χ4n) is 2.07. The predicted molar refractivity (Wildman–Crippen MR) is 78.2 cm³/mol. The quantitative estimate of drug-likeness (QED) is 0.910. The second-order valence-electron chi connectivity index (χ2n) is 4.80. The first-order valence-corrected chi connectivity index (χ1v) is 6.76. The first-order valence-electron chi connectivity index (χ1n) is 6.76. The summed E-state index contributed by atoms with van der Waals surface area (Å²) in [5.41, 5.74) is 7.75. The molecule has 0 saturated heterocycles. The van der Waals surface area contributed by atoms with Crippen molar-refractivity contribution in [1.29, 1.82) is 0 Å². The molecule has 0 bridgehead atoms. The zero-order valence-corrected chi connectivity index (χ0v) is 11.9. The maximum atomic E-state index is 12.2. The highest BCUT2D eigenvalue weighted by atomic mass is 16.4. The molecule has 2 rings (SSSR count). The normalized spacial score (nSPS) is 10.6. The van der Waals surface area contributed by atoms with E-state index in [1.165, 1.54) is 0 Å². The highest BCUT2D eigenvalue weighted by molar-refractivity contribution is 5.91. The SMILES string of the molecule is CCc1ccc(C(=O)N(C)Cc2cccc(CN)c2)o1. The number of furan rings is 1. The van der Waals surface area contributed by atoms with Gasteiger partial charge in [0, 0.05) is 26.6 Å². The van der Waals surface area contributed by atoms with Crippen molar-refractivity contribution >= 4 is 5.91 Å². The third kappa shape index (κ3) is 3.27. The van der Waals surface area contributed by atoms with Crippen LogP contribution in [0, 0.1) is 0 Å². The minimum atomic E-state index is -0.108. The molecular formula is C16H20N2O2. The Morgan fingerprint density at radius 3 is 2.65 bits per heavy atom. The smallest absolute Gasteiger partial charge is 0.289 e. The molecule has 0 saturated carbocycles. The van der Waals surface area contributed by atoms with E-state index >= 15 is 0 Å². The molecule has 1 heterocycles. The summed E-state index contributed by atoms with van der Waals surface area (Å²) in [5, 5.41) is 0. The Balaban J connectivity index is 2.06. The van der Waals surface area contributed by atoms with E-state index in [1.54, 1.807) is 18.0 Å². The van der Waals surface area contributed by atoms with Crippen molar-refractivity contribution in [3.05, 3.63) is 59.0 Å². The number of amides is 1. The molecule has 0 aliphatic heterocycles. The van der Waals surface area contributed by atoms with E-state index in [1.807, 2.05) is 37.3 Å². The van der Waals surface area contributed by atoms with E-state index in [0.717, 1.165) is 23.3 Å². The Labute approximate surface area is 119 Å². The standard InChI is InChI=1S/C16H20N2O2/c1-3-14-7-8-15(20-14)16(19)18(2)11-13-6-4-5-12(9-13)10-17/h4-9H,3,10-11,17H2,1-2H3. The minimum absolute atomic E-state index is 0.108. The molecular weight excluding hydrogens is 252 g/mol. The van der Waals surface area contributed by atoms with Crippen molar-refractivity contribution in [1.82, 2.24) is 4.90 Å². The second-order valence-corrected chi connectivity index (χ2v) is 4.80. The van der Waals surface area contributed by atoms with Gasteiger partial charge in [-0.2, -0.15) is 0 Å². The summed E-state index contributed by atoms with van der Waals surface area (Å²) in [7, 11) is 1.77. The fraction of sp³-hybridized carbons (Fsp3) is 0.312. The van der Waals surface area contributed by atoms with Crippen LogP contribution in [0.3, 0.4) is 0 Å². The molecule has 4 nitrogen and oxygen atoms in total. The molecule has 0 aliphatic rings. The van der Waals surface area contributed by atoms with Crippen molar-refractivity contribution < 1.29 is 9.21 Å². The lowest BCUT2D eigenvalue weighted by Crippen LogP contribution is -2.25. The third-order valence-electron chi connectivity index (χ3n) is 3.21. The Bertz CT molecular complexity index is 590. The van der Waals surface area contributed by atoms with Crippen LogP contribution in [0.4, 0.5) is 0 Å². The molecule has 0 spiro atoms. The number of rotatable bonds is 5. The molecule has 20 heavy (non-hydrogen) atoms. The number of nitrogens with zero attached hydrogens (tertiary/aromatic N) is 1. The zero-order valence-electron chi connectivity index (χ0n) is 11.9. The summed E-state index contributed by atoms with van der Waals surface area (Å²) < 4.78 is 5.49. The van der Waals surface area contributed by atoms with Gasteiger partial charge < -0.3 is 15.1 Å². The van der Waals surface area contributed by atoms with Gasteiger partial charge in [-0.25, -0.2) is 0 Å². The third-order valence-corrected chi connectivity index (χ3v) is 3.21. The summed E-state index contributed by atoms with van der Waals surface area (Å²) in [5.74, 6) is 1.11. The van der Waals surface area contributed by atoms with Gasteiger partial charge in [0.2, 0.25) is 0 Å². The molecule has 4 heteroatoms. The lowest BCUT2D eigenvalue weighted by molar-refractivity contribution is 0.0751. The topological polar surface area (TPSA) is 59.5 Å². The number of hydrogen-bond donors (Lipinski definition) is 1. The molecule has 0 atom stereocenters. The summed E-state index contributed by atoms with van der Waals surface area (Å²) in [6, 6.07) is 11.5. The van der Waals surface area contributed by atoms with Gasteiger partial charge in [-0.1, -0.05) is 31.2 Å². The van der Waals surface area contributed by atoms with Gasteiger partial charge in [-0.05, 0) is 23.3 Å². The van der Waals surface area contributed by atoms with Crippen LogP contribution < -0.4 is 5.73 Å². The lowest BCUT2D eigenvalue weighted by Gasteiger charge is -2.16. The van der Waals surface area contributed by atoms with Crippen LogP contribution in [0.25, 0.3) is 0 Å². The lowest BCUT2D eigenvalue weighted by atomic mass is 10.1. The molecule has 2 aromatic rings. The number of aryl methyl sites for hydroxylation is 1. The van der Waals surface area contributed by atoms with Crippen LogP contribution in [-0.4, -0.2) is 17.9 Å². The van der Waals surface area contributed by atoms with Crippen molar-refractivity contribution in [2.75, 3.05) is 7.05 Å². The molecule has 0 fully saturated rings. The van der Waals surface area contributed by atoms with Crippen molar-refractivity contribution in [3.63, 3.8) is 0 Å². The van der Waals surface area contributed by atoms with Crippen LogP contribution in [0.2, 0.25) is 0 Å². The molecule has 0 aliphatic carbocycles. The van der Waals surface area contributed by atoms with Crippen LogP contribution in [0.15, 0.2) is 40.8 Å². The summed E-state index contributed by atoms with van der Waals surface area (Å²) in [6.45, 7) is 3.04. The number of nitrogens with two attached hydrogens (primary N) is 1.